The third-order valence-corrected chi connectivity index (χ3v) is 3.48. The standard InChI is InChI=1S/C11H15NO2S/c1-3-7(2)15-10-5-4-8(12)6-9(10)11(13)14/h4-7H,3,12H2,1-2H3,(H,13,14). The fraction of sp³-hybridized carbons (Fsp3) is 0.364. The highest BCUT2D eigenvalue weighted by Gasteiger charge is 2.12. The minimum atomic E-state index is -0.923. The van der Waals surface area contributed by atoms with Crippen LogP contribution in [0.15, 0.2) is 23.1 Å². The molecule has 0 heterocycles. The zero-order valence-electron chi connectivity index (χ0n) is 8.86. The van der Waals surface area contributed by atoms with Crippen LogP contribution < -0.4 is 5.73 Å². The number of carboxylic acids is 1. The molecule has 0 aliphatic carbocycles. The Balaban J connectivity index is 3.01. The second-order valence-electron chi connectivity index (χ2n) is 3.40. The fourth-order valence-electron chi connectivity index (χ4n) is 1.12. The summed E-state index contributed by atoms with van der Waals surface area (Å²) in [5, 5.41) is 9.42. The molecule has 1 atom stereocenters. The van der Waals surface area contributed by atoms with Crippen molar-refractivity contribution in [1.82, 2.24) is 0 Å². The minimum Gasteiger partial charge on any atom is -0.478 e. The van der Waals surface area contributed by atoms with Crippen LogP contribution in [0.5, 0.6) is 0 Å². The predicted molar refractivity (Wildman–Crippen MR) is 63.4 cm³/mol. The Kier molecular flexibility index (Phi) is 4.03. The molecule has 3 N–H and O–H groups in total. The third-order valence-electron chi connectivity index (χ3n) is 2.14. The molecule has 1 aromatic carbocycles. The third kappa shape index (κ3) is 3.16. The van der Waals surface area contributed by atoms with E-state index < -0.39 is 5.97 Å². The molecule has 0 aliphatic rings. The Morgan fingerprint density at radius 3 is 2.80 bits per heavy atom. The molecule has 0 fully saturated rings. The van der Waals surface area contributed by atoms with Crippen LogP contribution >= 0.6 is 11.8 Å². The van der Waals surface area contributed by atoms with Crippen molar-refractivity contribution in [2.75, 3.05) is 5.73 Å². The van der Waals surface area contributed by atoms with E-state index in [0.717, 1.165) is 11.3 Å². The maximum absolute atomic E-state index is 11.0. The molecule has 4 heteroatoms. The van der Waals surface area contributed by atoms with E-state index in [9.17, 15) is 4.79 Å². The molecule has 1 aromatic rings. The van der Waals surface area contributed by atoms with Gasteiger partial charge in [0, 0.05) is 15.8 Å². The molecule has 0 aliphatic heterocycles. The maximum Gasteiger partial charge on any atom is 0.336 e. The Hall–Kier alpha value is -1.16. The van der Waals surface area contributed by atoms with Gasteiger partial charge in [-0.25, -0.2) is 4.79 Å². The predicted octanol–water partition coefficient (Wildman–Crippen LogP) is 2.86. The van der Waals surface area contributed by atoms with Crippen molar-refractivity contribution < 1.29 is 9.90 Å². The van der Waals surface area contributed by atoms with Gasteiger partial charge in [0.1, 0.15) is 0 Å². The molecule has 0 spiro atoms. The molecule has 0 saturated heterocycles. The van der Waals surface area contributed by atoms with Gasteiger partial charge in [0.15, 0.2) is 0 Å². The molecule has 0 saturated carbocycles. The van der Waals surface area contributed by atoms with Gasteiger partial charge in [-0.05, 0) is 24.6 Å². The van der Waals surface area contributed by atoms with Crippen molar-refractivity contribution in [3.05, 3.63) is 23.8 Å². The van der Waals surface area contributed by atoms with Crippen molar-refractivity contribution >= 4 is 23.4 Å². The largest absolute Gasteiger partial charge is 0.478 e. The van der Waals surface area contributed by atoms with E-state index in [2.05, 4.69) is 13.8 Å². The van der Waals surface area contributed by atoms with Crippen LogP contribution in [0.4, 0.5) is 5.69 Å². The highest BCUT2D eigenvalue weighted by molar-refractivity contribution is 8.00. The SMILES string of the molecule is CCC(C)Sc1ccc(N)cc1C(=O)O. The Labute approximate surface area is 93.7 Å². The van der Waals surface area contributed by atoms with Crippen LogP contribution in [0.3, 0.4) is 0 Å². The fourth-order valence-corrected chi connectivity index (χ4v) is 2.14. The van der Waals surface area contributed by atoms with Crippen molar-refractivity contribution in [2.45, 2.75) is 30.4 Å². The molecular formula is C11H15NO2S. The monoisotopic (exact) mass is 225 g/mol. The summed E-state index contributed by atoms with van der Waals surface area (Å²) >= 11 is 1.57. The average Bonchev–Trinajstić information content (AvgIpc) is 2.20. The topological polar surface area (TPSA) is 63.3 Å². The number of nitrogen functional groups attached to an aromatic ring is 1. The van der Waals surface area contributed by atoms with Crippen LogP contribution in [-0.2, 0) is 0 Å². The number of aromatic carboxylic acids is 1. The molecule has 0 radical (unpaired) electrons. The van der Waals surface area contributed by atoms with Crippen LogP contribution in [0.1, 0.15) is 30.6 Å². The normalized spacial score (nSPS) is 12.4. The van der Waals surface area contributed by atoms with Crippen molar-refractivity contribution in [3.63, 3.8) is 0 Å². The summed E-state index contributed by atoms with van der Waals surface area (Å²) in [6.45, 7) is 4.15. The lowest BCUT2D eigenvalue weighted by Crippen LogP contribution is -2.02. The van der Waals surface area contributed by atoms with Gasteiger partial charge in [-0.15, -0.1) is 11.8 Å². The highest BCUT2D eigenvalue weighted by Crippen LogP contribution is 2.29. The highest BCUT2D eigenvalue weighted by atomic mass is 32.2. The van der Waals surface area contributed by atoms with E-state index in [4.69, 9.17) is 10.8 Å². The molecule has 3 nitrogen and oxygen atoms in total. The minimum absolute atomic E-state index is 0.292. The van der Waals surface area contributed by atoms with Gasteiger partial charge in [-0.2, -0.15) is 0 Å². The van der Waals surface area contributed by atoms with Gasteiger partial charge in [0.05, 0.1) is 5.56 Å². The molecule has 0 aromatic heterocycles. The number of thioether (sulfide) groups is 1. The summed E-state index contributed by atoms with van der Waals surface area (Å²) < 4.78 is 0. The molecule has 0 amide bonds. The number of carboxylic acid groups (broad SMARTS) is 1. The van der Waals surface area contributed by atoms with Crippen LogP contribution in [-0.4, -0.2) is 16.3 Å². The lowest BCUT2D eigenvalue weighted by Gasteiger charge is -2.11. The number of anilines is 1. The zero-order chi connectivity index (χ0) is 11.4. The van der Waals surface area contributed by atoms with Gasteiger partial charge in [-0.3, -0.25) is 0 Å². The Morgan fingerprint density at radius 1 is 1.60 bits per heavy atom. The molecule has 1 rings (SSSR count). The average molecular weight is 225 g/mol. The molecule has 15 heavy (non-hydrogen) atoms. The number of hydrogen-bond donors (Lipinski definition) is 2. The first-order chi connectivity index (χ1) is 7.04. The molecule has 0 bridgehead atoms. The van der Waals surface area contributed by atoms with Crippen molar-refractivity contribution in [3.8, 4) is 0 Å². The molecule has 82 valence electrons. The molecular weight excluding hydrogens is 210 g/mol. The van der Waals surface area contributed by atoms with Gasteiger partial charge in [-0.1, -0.05) is 13.8 Å². The summed E-state index contributed by atoms with van der Waals surface area (Å²) in [7, 11) is 0. The van der Waals surface area contributed by atoms with E-state index in [1.165, 1.54) is 6.07 Å². The smallest absolute Gasteiger partial charge is 0.336 e. The zero-order valence-corrected chi connectivity index (χ0v) is 9.67. The van der Waals surface area contributed by atoms with E-state index in [1.807, 2.05) is 0 Å². The quantitative estimate of drug-likeness (QED) is 0.611. The van der Waals surface area contributed by atoms with Gasteiger partial charge < -0.3 is 10.8 Å². The first-order valence-corrected chi connectivity index (χ1v) is 5.72. The van der Waals surface area contributed by atoms with E-state index in [-0.39, 0.29) is 0 Å². The number of carbonyl (C=O) groups is 1. The maximum atomic E-state index is 11.0. The lowest BCUT2D eigenvalue weighted by molar-refractivity contribution is 0.0693. The van der Waals surface area contributed by atoms with Gasteiger partial charge in [0.2, 0.25) is 0 Å². The lowest BCUT2D eigenvalue weighted by atomic mass is 10.2. The van der Waals surface area contributed by atoms with Crippen LogP contribution in [0.2, 0.25) is 0 Å². The van der Waals surface area contributed by atoms with Crippen molar-refractivity contribution in [2.24, 2.45) is 0 Å². The first-order valence-electron chi connectivity index (χ1n) is 4.84. The number of hydrogen-bond acceptors (Lipinski definition) is 3. The summed E-state index contributed by atoms with van der Waals surface area (Å²) in [4.78, 5) is 11.8. The summed E-state index contributed by atoms with van der Waals surface area (Å²) in [5.41, 5.74) is 6.33. The second-order valence-corrected chi connectivity index (χ2v) is 4.88. The number of rotatable bonds is 4. The summed E-state index contributed by atoms with van der Waals surface area (Å²) in [6.07, 6.45) is 1.01. The van der Waals surface area contributed by atoms with Crippen LogP contribution in [0.25, 0.3) is 0 Å². The first kappa shape index (κ1) is 11.9. The van der Waals surface area contributed by atoms with Crippen molar-refractivity contribution in [1.29, 1.82) is 0 Å². The van der Waals surface area contributed by atoms with E-state index >= 15 is 0 Å². The second kappa shape index (κ2) is 5.07. The van der Waals surface area contributed by atoms with Crippen LogP contribution in [0, 0.1) is 0 Å². The van der Waals surface area contributed by atoms with Gasteiger partial charge >= 0.3 is 5.97 Å². The summed E-state index contributed by atoms with van der Waals surface area (Å²) in [6, 6.07) is 5.01. The molecule has 1 unspecified atom stereocenters. The van der Waals surface area contributed by atoms with Gasteiger partial charge in [0.25, 0.3) is 0 Å². The Morgan fingerprint density at radius 2 is 2.27 bits per heavy atom. The van der Waals surface area contributed by atoms with E-state index in [0.29, 0.717) is 16.5 Å². The Bertz CT molecular complexity index is 366. The summed E-state index contributed by atoms with van der Waals surface area (Å²) in [5.74, 6) is -0.923. The van der Waals surface area contributed by atoms with E-state index in [1.54, 1.807) is 23.9 Å². The number of nitrogens with two attached hydrogens (primary N) is 1. The number of benzene rings is 1.